The minimum absolute atomic E-state index is 0.0718. The van der Waals surface area contributed by atoms with Crippen LogP contribution in [0.15, 0.2) is 40.5 Å². The van der Waals surface area contributed by atoms with Crippen LogP contribution in [0, 0.1) is 11.3 Å². The van der Waals surface area contributed by atoms with Crippen molar-refractivity contribution < 1.29 is 19.1 Å². The molecule has 1 heterocycles. The number of carbonyl (C=O) groups excluding carboxylic acids is 2. The summed E-state index contributed by atoms with van der Waals surface area (Å²) in [5, 5.41) is 0. The van der Waals surface area contributed by atoms with Gasteiger partial charge in [-0.3, -0.25) is 14.6 Å². The summed E-state index contributed by atoms with van der Waals surface area (Å²) in [6, 6.07) is 7.71. The van der Waals surface area contributed by atoms with Crippen LogP contribution in [-0.2, 0) is 14.3 Å². The number of ether oxygens (including phenoxy) is 2. The van der Waals surface area contributed by atoms with Crippen molar-refractivity contribution in [1.29, 1.82) is 0 Å². The lowest BCUT2D eigenvalue weighted by molar-refractivity contribution is -0.146. The van der Waals surface area contributed by atoms with Crippen molar-refractivity contribution >= 4 is 17.5 Å². The maximum Gasteiger partial charge on any atom is 0.315 e. The van der Waals surface area contributed by atoms with Gasteiger partial charge in [0.2, 0.25) is 0 Å². The molecule has 1 aliphatic carbocycles. The lowest BCUT2D eigenvalue weighted by Gasteiger charge is -2.39. The number of unbranched alkanes of at least 4 members (excludes halogenated alkanes) is 2. The molecule has 1 aromatic carbocycles. The smallest absolute Gasteiger partial charge is 0.315 e. The van der Waals surface area contributed by atoms with Crippen LogP contribution < -0.4 is 4.74 Å². The average molecular weight is 426 g/mol. The summed E-state index contributed by atoms with van der Waals surface area (Å²) in [4.78, 5) is 31.4. The summed E-state index contributed by atoms with van der Waals surface area (Å²) >= 11 is 0. The number of allylic oxidation sites excluding steroid dienone is 2. The van der Waals surface area contributed by atoms with Gasteiger partial charge in [-0.05, 0) is 38.2 Å². The van der Waals surface area contributed by atoms with Crippen molar-refractivity contribution in [2.24, 2.45) is 16.3 Å². The van der Waals surface area contributed by atoms with E-state index in [2.05, 4.69) is 20.8 Å². The van der Waals surface area contributed by atoms with Crippen molar-refractivity contribution in [3.8, 4) is 5.75 Å². The third kappa shape index (κ3) is 5.08. The molecular formula is C26H35NO4. The molecule has 2 aliphatic rings. The molecular weight excluding hydrogens is 390 g/mol. The number of esters is 1. The van der Waals surface area contributed by atoms with E-state index in [0.29, 0.717) is 36.7 Å². The van der Waals surface area contributed by atoms with E-state index in [1.807, 2.05) is 38.1 Å². The number of para-hydroxylation sites is 1. The Morgan fingerprint density at radius 1 is 1.16 bits per heavy atom. The number of Topliss-reactive ketones (excluding diaryl/α,β-unsaturated/α-hetero) is 1. The van der Waals surface area contributed by atoms with Gasteiger partial charge in [-0.1, -0.05) is 51.8 Å². The van der Waals surface area contributed by atoms with E-state index in [-0.39, 0.29) is 17.2 Å². The van der Waals surface area contributed by atoms with E-state index in [9.17, 15) is 9.59 Å². The fourth-order valence-electron chi connectivity index (χ4n) is 4.73. The summed E-state index contributed by atoms with van der Waals surface area (Å²) in [5.74, 6) is -0.581. The maximum absolute atomic E-state index is 13.4. The first-order valence-electron chi connectivity index (χ1n) is 11.5. The Kier molecular flexibility index (Phi) is 7.34. The van der Waals surface area contributed by atoms with Crippen molar-refractivity contribution in [3.05, 3.63) is 41.1 Å². The van der Waals surface area contributed by atoms with E-state index in [1.165, 1.54) is 0 Å². The Morgan fingerprint density at radius 2 is 1.90 bits per heavy atom. The number of benzene rings is 1. The second-order valence-electron chi connectivity index (χ2n) is 9.36. The lowest BCUT2D eigenvalue weighted by atomic mass is 9.66. The number of rotatable bonds is 8. The highest BCUT2D eigenvalue weighted by atomic mass is 16.5. The fourth-order valence-corrected chi connectivity index (χ4v) is 4.73. The fraction of sp³-hybridized carbons (Fsp3) is 0.577. The van der Waals surface area contributed by atoms with Crippen LogP contribution in [-0.4, -0.2) is 30.7 Å². The van der Waals surface area contributed by atoms with Gasteiger partial charge in [0.05, 0.1) is 13.2 Å². The lowest BCUT2D eigenvalue weighted by Crippen LogP contribution is -2.39. The zero-order valence-corrected chi connectivity index (χ0v) is 19.5. The van der Waals surface area contributed by atoms with Gasteiger partial charge in [-0.15, -0.1) is 0 Å². The molecule has 0 N–H and O–H groups in total. The van der Waals surface area contributed by atoms with Gasteiger partial charge >= 0.3 is 5.97 Å². The molecule has 0 amide bonds. The molecule has 2 atom stereocenters. The van der Waals surface area contributed by atoms with E-state index in [4.69, 9.17) is 14.5 Å². The zero-order chi connectivity index (χ0) is 22.6. The monoisotopic (exact) mass is 425 g/mol. The maximum atomic E-state index is 13.4. The van der Waals surface area contributed by atoms with Crippen LogP contribution in [0.3, 0.4) is 0 Å². The third-order valence-corrected chi connectivity index (χ3v) is 6.10. The molecule has 1 aliphatic heterocycles. The number of hydrogen-bond acceptors (Lipinski definition) is 5. The standard InChI is InChI=1S/C26H35NO4/c1-6-8-11-14-31-25(29)22-17(3)27-19-15-26(4,5)16-20(28)24(19)23(22)18-12-9-10-13-21(18)30-7-2/h9-10,12-13,22-23H,6-8,11,14-16H2,1-5H3/t22?,23-/m0/s1. The molecule has 31 heavy (non-hydrogen) atoms. The molecule has 0 spiro atoms. The summed E-state index contributed by atoms with van der Waals surface area (Å²) in [7, 11) is 0. The highest BCUT2D eigenvalue weighted by Crippen LogP contribution is 2.49. The van der Waals surface area contributed by atoms with Gasteiger partial charge in [0.1, 0.15) is 11.7 Å². The van der Waals surface area contributed by atoms with E-state index < -0.39 is 11.8 Å². The van der Waals surface area contributed by atoms with Gasteiger partial charge < -0.3 is 9.47 Å². The second kappa shape index (κ2) is 9.80. The van der Waals surface area contributed by atoms with E-state index >= 15 is 0 Å². The summed E-state index contributed by atoms with van der Waals surface area (Å²) < 4.78 is 11.6. The average Bonchev–Trinajstić information content (AvgIpc) is 2.70. The largest absolute Gasteiger partial charge is 0.494 e. The van der Waals surface area contributed by atoms with Crippen LogP contribution >= 0.6 is 0 Å². The summed E-state index contributed by atoms with van der Waals surface area (Å²) in [5.41, 5.74) is 2.89. The first-order valence-corrected chi connectivity index (χ1v) is 11.5. The molecule has 3 rings (SSSR count). The minimum Gasteiger partial charge on any atom is -0.494 e. The first kappa shape index (κ1) is 23.2. The molecule has 0 radical (unpaired) electrons. The number of hydrogen-bond donors (Lipinski definition) is 0. The van der Waals surface area contributed by atoms with Crippen molar-refractivity contribution in [2.45, 2.75) is 72.6 Å². The number of carbonyl (C=O) groups is 2. The van der Waals surface area contributed by atoms with Crippen molar-refractivity contribution in [3.63, 3.8) is 0 Å². The molecule has 1 aromatic rings. The number of nitrogens with zero attached hydrogens (tertiary/aromatic N) is 1. The SMILES string of the molecule is CCCCCOC(=O)C1C(C)=NC2=C(C(=O)CC(C)(C)C2)[C@H]1c1ccccc1OCC. The second-order valence-corrected chi connectivity index (χ2v) is 9.36. The van der Waals surface area contributed by atoms with Crippen LogP contribution in [0.1, 0.15) is 78.2 Å². The normalized spacial score (nSPS) is 22.6. The topological polar surface area (TPSA) is 65.0 Å². The molecule has 1 unspecified atom stereocenters. The predicted molar refractivity (Wildman–Crippen MR) is 122 cm³/mol. The summed E-state index contributed by atoms with van der Waals surface area (Å²) in [6.45, 7) is 11.0. The van der Waals surface area contributed by atoms with Crippen molar-refractivity contribution in [2.75, 3.05) is 13.2 Å². The van der Waals surface area contributed by atoms with Gasteiger partial charge in [-0.25, -0.2) is 0 Å². The Bertz CT molecular complexity index is 896. The van der Waals surface area contributed by atoms with E-state index in [0.717, 1.165) is 36.9 Å². The minimum atomic E-state index is -0.618. The van der Waals surface area contributed by atoms with Crippen LogP contribution in [0.2, 0.25) is 0 Å². The van der Waals surface area contributed by atoms with Gasteiger partial charge in [-0.2, -0.15) is 0 Å². The van der Waals surface area contributed by atoms with Crippen LogP contribution in [0.25, 0.3) is 0 Å². The molecule has 0 saturated heterocycles. The van der Waals surface area contributed by atoms with Crippen molar-refractivity contribution in [1.82, 2.24) is 0 Å². The molecule has 0 bridgehead atoms. The van der Waals surface area contributed by atoms with Gasteiger partial charge in [0.25, 0.3) is 0 Å². The first-order chi connectivity index (χ1) is 14.8. The molecule has 0 fully saturated rings. The van der Waals surface area contributed by atoms with Crippen LogP contribution in [0.5, 0.6) is 5.75 Å². The molecule has 168 valence electrons. The predicted octanol–water partition coefficient (Wildman–Crippen LogP) is 5.64. The zero-order valence-electron chi connectivity index (χ0n) is 19.5. The van der Waals surface area contributed by atoms with Gasteiger partial charge in [0, 0.05) is 34.9 Å². The molecule has 5 heteroatoms. The van der Waals surface area contributed by atoms with Gasteiger partial charge in [0.15, 0.2) is 5.78 Å². The number of aliphatic imine (C=N–C) groups is 1. The quantitative estimate of drug-likeness (QED) is 0.400. The highest BCUT2D eigenvalue weighted by Gasteiger charge is 2.46. The third-order valence-electron chi connectivity index (χ3n) is 6.10. The molecule has 5 nitrogen and oxygen atoms in total. The van der Waals surface area contributed by atoms with Crippen LogP contribution in [0.4, 0.5) is 0 Å². The Hall–Kier alpha value is -2.43. The Balaban J connectivity index is 2.07. The molecule has 0 saturated carbocycles. The molecule has 0 aromatic heterocycles. The van der Waals surface area contributed by atoms with E-state index in [1.54, 1.807) is 0 Å². The summed E-state index contributed by atoms with van der Waals surface area (Å²) in [6.07, 6.45) is 4.09. The Morgan fingerprint density at radius 3 is 2.61 bits per heavy atom. The highest BCUT2D eigenvalue weighted by molar-refractivity contribution is 6.09. The Labute approximate surface area is 185 Å². The number of ketones is 1.